The second-order valence-electron chi connectivity index (χ2n) is 9.87. The van der Waals surface area contributed by atoms with E-state index in [1.54, 1.807) is 6.07 Å². The summed E-state index contributed by atoms with van der Waals surface area (Å²) < 4.78 is 15.1. The molecule has 0 spiro atoms. The van der Waals surface area contributed by atoms with Crippen molar-refractivity contribution < 1.29 is 23.6 Å². The molecule has 5 rings (SSSR count). The number of carbonyl (C=O) groups is 4. The van der Waals surface area contributed by atoms with Gasteiger partial charge in [0.1, 0.15) is 11.9 Å². The fraction of sp³-hybridized carbons (Fsp3) is 0.600. The lowest BCUT2D eigenvalue weighted by molar-refractivity contribution is -0.138. The number of amides is 4. The van der Waals surface area contributed by atoms with Crippen LogP contribution in [-0.4, -0.2) is 52.6 Å². The molecule has 7 nitrogen and oxygen atoms in total. The van der Waals surface area contributed by atoms with E-state index in [9.17, 15) is 19.2 Å². The van der Waals surface area contributed by atoms with Crippen LogP contribution in [0.5, 0.6) is 0 Å². The molecule has 3 fully saturated rings. The van der Waals surface area contributed by atoms with E-state index in [1.165, 1.54) is 17.4 Å². The van der Waals surface area contributed by atoms with Gasteiger partial charge in [-0.05, 0) is 55.2 Å². The lowest BCUT2D eigenvalue weighted by Crippen LogP contribution is -2.52. The van der Waals surface area contributed by atoms with Gasteiger partial charge in [-0.3, -0.25) is 24.5 Å². The van der Waals surface area contributed by atoms with Crippen molar-refractivity contribution in [2.75, 3.05) is 13.1 Å². The Morgan fingerprint density at radius 1 is 0.970 bits per heavy atom. The summed E-state index contributed by atoms with van der Waals surface area (Å²) in [5.41, 5.74) is 1.61. The van der Waals surface area contributed by atoms with Crippen molar-refractivity contribution in [1.82, 2.24) is 15.1 Å². The van der Waals surface area contributed by atoms with Crippen molar-refractivity contribution >= 4 is 23.6 Å². The van der Waals surface area contributed by atoms with Crippen molar-refractivity contribution in [3.05, 3.63) is 34.6 Å². The summed E-state index contributed by atoms with van der Waals surface area (Å²) in [6.07, 6.45) is 7.32. The molecule has 4 amide bonds. The second kappa shape index (κ2) is 8.88. The zero-order valence-corrected chi connectivity index (χ0v) is 18.8. The van der Waals surface area contributed by atoms with Crippen molar-refractivity contribution in [3.63, 3.8) is 0 Å². The maximum atomic E-state index is 15.1. The lowest BCUT2D eigenvalue weighted by Gasteiger charge is -2.35. The van der Waals surface area contributed by atoms with E-state index in [1.807, 2.05) is 4.90 Å². The number of nitrogens with zero attached hydrogens (tertiary/aromatic N) is 2. The summed E-state index contributed by atoms with van der Waals surface area (Å²) in [5, 5.41) is 2.29. The molecule has 0 radical (unpaired) electrons. The first-order chi connectivity index (χ1) is 15.9. The molecule has 4 aliphatic rings. The number of hydrogen-bond acceptors (Lipinski definition) is 4. The molecular weight excluding hydrogens is 425 g/mol. The standard InChI is InChI=1S/C25H30FN3O4/c26-20-13-19-17(14-29(25(19)33)21-6-7-22(30)27-23(21)31)12-18(20)15-8-10-28(11-9-15)24(32)16-4-2-1-3-5-16/h12-13,15-16,21H,1-11,14H2,(H,27,30,31). The lowest BCUT2D eigenvalue weighted by atomic mass is 9.85. The number of piperidine rings is 2. The molecule has 0 bridgehead atoms. The molecule has 33 heavy (non-hydrogen) atoms. The molecule has 3 aliphatic heterocycles. The van der Waals surface area contributed by atoms with E-state index >= 15 is 4.39 Å². The van der Waals surface area contributed by atoms with Gasteiger partial charge in [0.05, 0.1) is 0 Å². The fourth-order valence-corrected chi connectivity index (χ4v) is 5.94. The van der Waals surface area contributed by atoms with Crippen molar-refractivity contribution in [2.24, 2.45) is 5.92 Å². The predicted octanol–water partition coefficient (Wildman–Crippen LogP) is 2.87. The molecule has 1 N–H and O–H groups in total. The van der Waals surface area contributed by atoms with Gasteiger partial charge in [-0.25, -0.2) is 4.39 Å². The van der Waals surface area contributed by atoms with Gasteiger partial charge in [0.15, 0.2) is 0 Å². The van der Waals surface area contributed by atoms with Crippen molar-refractivity contribution in [1.29, 1.82) is 0 Å². The topological polar surface area (TPSA) is 86.8 Å². The second-order valence-corrected chi connectivity index (χ2v) is 9.87. The summed E-state index contributed by atoms with van der Waals surface area (Å²) in [6.45, 7) is 1.52. The van der Waals surface area contributed by atoms with Crippen molar-refractivity contribution in [3.8, 4) is 0 Å². The summed E-state index contributed by atoms with van der Waals surface area (Å²) in [6, 6.07) is 2.37. The van der Waals surface area contributed by atoms with Gasteiger partial charge in [-0.15, -0.1) is 0 Å². The summed E-state index contributed by atoms with van der Waals surface area (Å²) in [5.74, 6) is -1.15. The normalized spacial score (nSPS) is 24.8. The number of hydrogen-bond donors (Lipinski definition) is 1. The monoisotopic (exact) mass is 455 g/mol. The number of benzene rings is 1. The van der Waals surface area contributed by atoms with Crippen LogP contribution < -0.4 is 5.32 Å². The average molecular weight is 456 g/mol. The van der Waals surface area contributed by atoms with Crippen molar-refractivity contribution in [2.45, 2.75) is 76.3 Å². The summed E-state index contributed by atoms with van der Waals surface area (Å²) >= 11 is 0. The van der Waals surface area contributed by atoms with Crippen LogP contribution in [0.4, 0.5) is 4.39 Å². The van der Waals surface area contributed by atoms with E-state index in [0.717, 1.165) is 31.2 Å². The SMILES string of the molecule is O=C1CCC(N2Cc3cc(C4CCN(C(=O)C5CCCCC5)CC4)c(F)cc3C2=O)C(=O)N1. The number of likely N-dealkylation sites (tertiary alicyclic amines) is 1. The molecule has 0 aromatic heterocycles. The third-order valence-electron chi connectivity index (χ3n) is 7.84. The van der Waals surface area contributed by atoms with E-state index in [0.29, 0.717) is 37.1 Å². The third-order valence-corrected chi connectivity index (χ3v) is 7.84. The van der Waals surface area contributed by atoms with Crippen LogP contribution in [0.25, 0.3) is 0 Å². The Morgan fingerprint density at radius 2 is 1.70 bits per heavy atom. The zero-order valence-electron chi connectivity index (χ0n) is 18.8. The Kier molecular flexibility index (Phi) is 5.93. The minimum absolute atomic E-state index is 0.00505. The third kappa shape index (κ3) is 4.15. The Balaban J connectivity index is 1.26. The average Bonchev–Trinajstić information content (AvgIpc) is 3.14. The molecule has 1 unspecified atom stereocenters. The maximum Gasteiger partial charge on any atom is 0.255 e. The van der Waals surface area contributed by atoms with Crippen LogP contribution in [0.2, 0.25) is 0 Å². The zero-order chi connectivity index (χ0) is 23.1. The predicted molar refractivity (Wildman–Crippen MR) is 118 cm³/mol. The molecule has 1 aromatic rings. The maximum absolute atomic E-state index is 15.1. The van der Waals surface area contributed by atoms with E-state index in [2.05, 4.69) is 5.32 Å². The number of halogens is 1. The fourth-order valence-electron chi connectivity index (χ4n) is 5.94. The van der Waals surface area contributed by atoms with Crippen LogP contribution in [0.1, 0.15) is 85.2 Å². The van der Waals surface area contributed by atoms with E-state index in [-0.39, 0.29) is 48.9 Å². The van der Waals surface area contributed by atoms with Gasteiger partial charge in [0.2, 0.25) is 17.7 Å². The number of carbonyl (C=O) groups excluding carboxylic acids is 4. The van der Waals surface area contributed by atoms with Crippen LogP contribution in [0.3, 0.4) is 0 Å². The number of fused-ring (bicyclic) bond motifs is 1. The van der Waals surface area contributed by atoms with Gasteiger partial charge in [0, 0.05) is 37.5 Å². The molecule has 1 aromatic carbocycles. The van der Waals surface area contributed by atoms with Gasteiger partial charge >= 0.3 is 0 Å². The molecule has 8 heteroatoms. The summed E-state index contributed by atoms with van der Waals surface area (Å²) in [4.78, 5) is 52.8. The Bertz CT molecular complexity index is 996. The Labute approximate surface area is 192 Å². The minimum atomic E-state index is -0.705. The van der Waals surface area contributed by atoms with Crippen LogP contribution in [0, 0.1) is 11.7 Å². The molecule has 176 valence electrons. The molecule has 1 atom stereocenters. The molecule has 1 aliphatic carbocycles. The highest BCUT2D eigenvalue weighted by Crippen LogP contribution is 2.36. The molecule has 2 saturated heterocycles. The van der Waals surface area contributed by atoms with Crippen LogP contribution >= 0.6 is 0 Å². The van der Waals surface area contributed by atoms with Crippen LogP contribution in [0.15, 0.2) is 12.1 Å². The Hall–Kier alpha value is -2.77. The summed E-state index contributed by atoms with van der Waals surface area (Å²) in [7, 11) is 0. The molecule has 1 saturated carbocycles. The minimum Gasteiger partial charge on any atom is -0.342 e. The Morgan fingerprint density at radius 3 is 2.39 bits per heavy atom. The highest BCUT2D eigenvalue weighted by Gasteiger charge is 2.40. The quantitative estimate of drug-likeness (QED) is 0.710. The van der Waals surface area contributed by atoms with Gasteiger partial charge < -0.3 is 9.80 Å². The number of imide groups is 1. The van der Waals surface area contributed by atoms with Gasteiger partial charge in [0.25, 0.3) is 5.91 Å². The van der Waals surface area contributed by atoms with Gasteiger partial charge in [-0.2, -0.15) is 0 Å². The smallest absolute Gasteiger partial charge is 0.255 e. The number of nitrogens with one attached hydrogen (secondary N) is 1. The molecule has 3 heterocycles. The first kappa shape index (κ1) is 22.0. The van der Waals surface area contributed by atoms with Crippen LogP contribution in [-0.2, 0) is 20.9 Å². The first-order valence-electron chi connectivity index (χ1n) is 12.2. The van der Waals surface area contributed by atoms with E-state index in [4.69, 9.17) is 0 Å². The highest BCUT2D eigenvalue weighted by atomic mass is 19.1. The van der Waals surface area contributed by atoms with Gasteiger partial charge in [-0.1, -0.05) is 25.3 Å². The highest BCUT2D eigenvalue weighted by molar-refractivity contribution is 6.05. The number of rotatable bonds is 3. The molecular formula is C25H30FN3O4. The van der Waals surface area contributed by atoms with E-state index < -0.39 is 17.8 Å². The largest absolute Gasteiger partial charge is 0.342 e. The first-order valence-corrected chi connectivity index (χ1v) is 12.2.